The Kier molecular flexibility index (Phi) is 5.52. The van der Waals surface area contributed by atoms with Crippen molar-refractivity contribution in [2.75, 3.05) is 5.75 Å². The number of aryl methyl sites for hydroxylation is 1. The van der Waals surface area contributed by atoms with Crippen LogP contribution < -0.4 is 0 Å². The molecule has 0 saturated heterocycles. The van der Waals surface area contributed by atoms with Crippen LogP contribution in [0.25, 0.3) is 0 Å². The Bertz CT molecular complexity index is 459. The molecule has 112 valence electrons. The highest BCUT2D eigenvalue weighted by molar-refractivity contribution is 7.99. The lowest BCUT2D eigenvalue weighted by atomic mass is 9.84. The van der Waals surface area contributed by atoms with Crippen molar-refractivity contribution in [1.82, 2.24) is 9.55 Å². The molecule has 1 aliphatic carbocycles. The van der Waals surface area contributed by atoms with E-state index in [4.69, 9.17) is 5.11 Å². The lowest BCUT2D eigenvalue weighted by Gasteiger charge is -2.31. The molecule has 1 heterocycles. The maximum Gasteiger partial charge on any atom is 0.313 e. The fraction of sp³-hybridized carbons (Fsp3) is 0.733. The first-order chi connectivity index (χ1) is 9.65. The third kappa shape index (κ3) is 3.57. The van der Waals surface area contributed by atoms with Crippen LogP contribution in [0, 0.1) is 5.92 Å². The van der Waals surface area contributed by atoms with Gasteiger partial charge in [0.2, 0.25) is 0 Å². The zero-order valence-corrected chi connectivity index (χ0v) is 13.2. The van der Waals surface area contributed by atoms with E-state index in [1.54, 1.807) is 0 Å². The second-order valence-corrected chi connectivity index (χ2v) is 6.48. The molecule has 1 aromatic heterocycles. The first-order valence-corrected chi connectivity index (χ1v) is 8.54. The Morgan fingerprint density at radius 2 is 2.30 bits per heavy atom. The standard InChI is InChI=1S/C15H24N2O2S/c1-3-11-6-5-7-13(8-11)17-12(4-2)9-16-15(17)20-10-14(18)19/h9,11,13H,3-8,10H2,1-2H3,(H,18,19). The summed E-state index contributed by atoms with van der Waals surface area (Å²) in [7, 11) is 0. The molecular formula is C15H24N2O2S. The highest BCUT2D eigenvalue weighted by Gasteiger charge is 2.25. The molecule has 2 unspecified atom stereocenters. The van der Waals surface area contributed by atoms with Crippen LogP contribution >= 0.6 is 11.8 Å². The maximum atomic E-state index is 10.8. The summed E-state index contributed by atoms with van der Waals surface area (Å²) in [5, 5.41) is 9.74. The molecule has 1 fully saturated rings. The summed E-state index contributed by atoms with van der Waals surface area (Å²) in [4.78, 5) is 15.2. The van der Waals surface area contributed by atoms with Crippen molar-refractivity contribution in [3.8, 4) is 0 Å². The number of aromatic nitrogens is 2. The fourth-order valence-electron chi connectivity index (χ4n) is 3.13. The van der Waals surface area contributed by atoms with E-state index >= 15 is 0 Å². The number of carbonyl (C=O) groups is 1. The van der Waals surface area contributed by atoms with Gasteiger partial charge >= 0.3 is 5.97 Å². The zero-order valence-electron chi connectivity index (χ0n) is 12.3. The van der Waals surface area contributed by atoms with E-state index < -0.39 is 5.97 Å². The van der Waals surface area contributed by atoms with E-state index in [2.05, 4.69) is 23.4 Å². The predicted octanol–water partition coefficient (Wildman–Crippen LogP) is 3.76. The molecule has 2 rings (SSSR count). The van der Waals surface area contributed by atoms with E-state index in [1.165, 1.54) is 49.6 Å². The number of nitrogens with zero attached hydrogens (tertiary/aromatic N) is 2. The Morgan fingerprint density at radius 1 is 1.50 bits per heavy atom. The summed E-state index contributed by atoms with van der Waals surface area (Å²) in [5.41, 5.74) is 1.24. The average molecular weight is 296 g/mol. The minimum Gasteiger partial charge on any atom is -0.481 e. The van der Waals surface area contributed by atoms with Gasteiger partial charge in [-0.15, -0.1) is 0 Å². The molecule has 0 bridgehead atoms. The monoisotopic (exact) mass is 296 g/mol. The minimum absolute atomic E-state index is 0.0874. The molecular weight excluding hydrogens is 272 g/mol. The van der Waals surface area contributed by atoms with Crippen molar-refractivity contribution in [2.45, 2.75) is 63.6 Å². The molecule has 1 aromatic rings. The van der Waals surface area contributed by atoms with Crippen LogP contribution in [-0.2, 0) is 11.2 Å². The van der Waals surface area contributed by atoms with Gasteiger partial charge < -0.3 is 9.67 Å². The van der Waals surface area contributed by atoms with Crippen molar-refractivity contribution in [3.05, 3.63) is 11.9 Å². The third-order valence-corrected chi connectivity index (χ3v) is 5.18. The van der Waals surface area contributed by atoms with Gasteiger partial charge in [0.05, 0.1) is 5.75 Å². The molecule has 0 aromatic carbocycles. The number of thioether (sulfide) groups is 1. The lowest BCUT2D eigenvalue weighted by Crippen LogP contribution is -2.21. The molecule has 0 amide bonds. The van der Waals surface area contributed by atoms with E-state index in [0.717, 1.165) is 17.5 Å². The van der Waals surface area contributed by atoms with Crippen molar-refractivity contribution in [2.24, 2.45) is 5.92 Å². The number of carboxylic acid groups (broad SMARTS) is 1. The van der Waals surface area contributed by atoms with Crippen molar-refractivity contribution in [1.29, 1.82) is 0 Å². The van der Waals surface area contributed by atoms with Crippen LogP contribution in [0.15, 0.2) is 11.4 Å². The zero-order chi connectivity index (χ0) is 14.5. The Hall–Kier alpha value is -0.970. The first kappa shape index (κ1) is 15.4. The van der Waals surface area contributed by atoms with Crippen molar-refractivity contribution in [3.63, 3.8) is 0 Å². The predicted molar refractivity (Wildman–Crippen MR) is 81.3 cm³/mol. The summed E-state index contributed by atoms with van der Waals surface area (Å²) in [6, 6.07) is 0.502. The number of rotatable bonds is 6. The van der Waals surface area contributed by atoms with Gasteiger partial charge in [-0.2, -0.15) is 0 Å². The highest BCUT2D eigenvalue weighted by atomic mass is 32.2. The van der Waals surface area contributed by atoms with Gasteiger partial charge in [-0.05, 0) is 25.2 Å². The molecule has 20 heavy (non-hydrogen) atoms. The fourth-order valence-corrected chi connectivity index (χ4v) is 3.92. The second kappa shape index (κ2) is 7.16. The normalized spacial score (nSPS) is 22.9. The van der Waals surface area contributed by atoms with E-state index in [0.29, 0.717) is 6.04 Å². The molecule has 1 N–H and O–H groups in total. The van der Waals surface area contributed by atoms with Gasteiger partial charge in [0.1, 0.15) is 0 Å². The Morgan fingerprint density at radius 3 is 2.95 bits per heavy atom. The van der Waals surface area contributed by atoms with Gasteiger partial charge in [-0.1, -0.05) is 44.9 Å². The molecule has 4 nitrogen and oxygen atoms in total. The van der Waals surface area contributed by atoms with Crippen LogP contribution in [0.3, 0.4) is 0 Å². The van der Waals surface area contributed by atoms with Crippen molar-refractivity contribution >= 4 is 17.7 Å². The number of imidazole rings is 1. The molecule has 0 radical (unpaired) electrons. The Balaban J connectivity index is 2.18. The Labute approximate surface area is 125 Å². The van der Waals surface area contributed by atoms with E-state index in [-0.39, 0.29) is 5.75 Å². The SMILES string of the molecule is CCc1cnc(SCC(=O)O)n1C1CCCC(CC)C1. The van der Waals surface area contributed by atoms with Gasteiger partial charge in [0.25, 0.3) is 0 Å². The van der Waals surface area contributed by atoms with E-state index in [9.17, 15) is 4.79 Å². The van der Waals surface area contributed by atoms with Gasteiger partial charge in [0, 0.05) is 17.9 Å². The van der Waals surface area contributed by atoms with Crippen LogP contribution in [-0.4, -0.2) is 26.4 Å². The summed E-state index contributed by atoms with van der Waals surface area (Å²) in [5.74, 6) is 0.111. The maximum absolute atomic E-state index is 10.8. The summed E-state index contributed by atoms with van der Waals surface area (Å²) in [6.45, 7) is 4.40. The highest BCUT2D eigenvalue weighted by Crippen LogP contribution is 2.37. The molecule has 1 aliphatic rings. The lowest BCUT2D eigenvalue weighted by molar-refractivity contribution is -0.133. The van der Waals surface area contributed by atoms with Crippen LogP contribution in [0.5, 0.6) is 0 Å². The number of hydrogen-bond acceptors (Lipinski definition) is 3. The molecule has 0 spiro atoms. The van der Waals surface area contributed by atoms with Crippen molar-refractivity contribution < 1.29 is 9.90 Å². The summed E-state index contributed by atoms with van der Waals surface area (Å²) < 4.78 is 2.31. The molecule has 1 saturated carbocycles. The number of carboxylic acids is 1. The second-order valence-electron chi connectivity index (χ2n) is 5.53. The quantitative estimate of drug-likeness (QED) is 0.812. The summed E-state index contributed by atoms with van der Waals surface area (Å²) >= 11 is 1.35. The van der Waals surface area contributed by atoms with Gasteiger partial charge in [-0.25, -0.2) is 4.98 Å². The molecule has 0 aliphatic heterocycles. The topological polar surface area (TPSA) is 55.1 Å². The molecule has 5 heteroatoms. The van der Waals surface area contributed by atoms with Gasteiger partial charge in [0.15, 0.2) is 5.16 Å². The largest absolute Gasteiger partial charge is 0.481 e. The number of aliphatic carboxylic acids is 1. The first-order valence-electron chi connectivity index (χ1n) is 7.56. The average Bonchev–Trinajstić information content (AvgIpc) is 2.88. The molecule has 2 atom stereocenters. The minimum atomic E-state index is -0.780. The van der Waals surface area contributed by atoms with Crippen LogP contribution in [0.2, 0.25) is 0 Å². The summed E-state index contributed by atoms with van der Waals surface area (Å²) in [6.07, 6.45) is 9.12. The third-order valence-electron chi connectivity index (χ3n) is 4.22. The number of hydrogen-bond donors (Lipinski definition) is 1. The van der Waals surface area contributed by atoms with E-state index in [1.807, 2.05) is 6.20 Å². The van der Waals surface area contributed by atoms with Crippen LogP contribution in [0.1, 0.15) is 57.7 Å². The van der Waals surface area contributed by atoms with Gasteiger partial charge in [-0.3, -0.25) is 4.79 Å². The van der Waals surface area contributed by atoms with Crippen LogP contribution in [0.4, 0.5) is 0 Å². The smallest absolute Gasteiger partial charge is 0.313 e.